The van der Waals surface area contributed by atoms with Gasteiger partial charge in [-0.3, -0.25) is 5.32 Å². The van der Waals surface area contributed by atoms with Crippen molar-refractivity contribution in [2.45, 2.75) is 32.4 Å². The lowest BCUT2D eigenvalue weighted by Crippen LogP contribution is -2.36. The predicted molar refractivity (Wildman–Crippen MR) is 84.9 cm³/mol. The summed E-state index contributed by atoms with van der Waals surface area (Å²) < 4.78 is 16.2. The third-order valence-electron chi connectivity index (χ3n) is 3.31. The average Bonchev–Trinajstić information content (AvgIpc) is 2.51. The number of rotatable bonds is 7. The zero-order valence-corrected chi connectivity index (χ0v) is 14.6. The Hall–Kier alpha value is -1.27. The van der Waals surface area contributed by atoms with Gasteiger partial charge in [0.05, 0.1) is 21.3 Å². The molecule has 5 nitrogen and oxygen atoms in total. The van der Waals surface area contributed by atoms with Crippen LogP contribution < -0.4 is 14.8 Å². The smallest absolute Gasteiger partial charge is 0.327 e. The molecule has 0 amide bonds. The van der Waals surface area contributed by atoms with Crippen molar-refractivity contribution in [3.05, 3.63) is 22.2 Å². The molecule has 0 heterocycles. The molecule has 0 radical (unpaired) electrons. The van der Waals surface area contributed by atoms with Crippen LogP contribution in [-0.2, 0) is 9.53 Å². The van der Waals surface area contributed by atoms with E-state index in [0.717, 1.165) is 16.5 Å². The van der Waals surface area contributed by atoms with Crippen molar-refractivity contribution in [1.29, 1.82) is 0 Å². The van der Waals surface area contributed by atoms with Gasteiger partial charge in [0, 0.05) is 10.5 Å². The van der Waals surface area contributed by atoms with E-state index in [1.165, 1.54) is 7.11 Å². The molecular weight excluding hydrogens is 338 g/mol. The standard InChI is InChI=1S/C15H22BrNO4/c1-6-9(2)17-14(15(18)21-5)10-7-12(19-3)13(20-4)8-11(10)16/h7-9,14,17H,6H2,1-5H3. The van der Waals surface area contributed by atoms with E-state index in [0.29, 0.717) is 11.5 Å². The summed E-state index contributed by atoms with van der Waals surface area (Å²) in [6, 6.07) is 3.16. The lowest BCUT2D eigenvalue weighted by atomic mass is 10.0. The van der Waals surface area contributed by atoms with Crippen molar-refractivity contribution < 1.29 is 19.0 Å². The molecule has 2 unspecified atom stereocenters. The summed E-state index contributed by atoms with van der Waals surface area (Å²) in [6.07, 6.45) is 0.901. The lowest BCUT2D eigenvalue weighted by molar-refractivity contribution is -0.143. The van der Waals surface area contributed by atoms with E-state index in [4.69, 9.17) is 14.2 Å². The quantitative estimate of drug-likeness (QED) is 0.758. The van der Waals surface area contributed by atoms with Crippen molar-refractivity contribution in [3.8, 4) is 11.5 Å². The molecular formula is C15H22BrNO4. The monoisotopic (exact) mass is 359 g/mol. The van der Waals surface area contributed by atoms with Crippen LogP contribution in [0.2, 0.25) is 0 Å². The number of ether oxygens (including phenoxy) is 3. The number of hydrogen-bond acceptors (Lipinski definition) is 5. The van der Waals surface area contributed by atoms with Crippen LogP contribution >= 0.6 is 15.9 Å². The van der Waals surface area contributed by atoms with Crippen LogP contribution in [0.3, 0.4) is 0 Å². The van der Waals surface area contributed by atoms with Crippen LogP contribution in [0.25, 0.3) is 0 Å². The molecule has 2 atom stereocenters. The molecule has 0 aliphatic rings. The topological polar surface area (TPSA) is 56.8 Å². The first-order chi connectivity index (χ1) is 9.98. The highest BCUT2D eigenvalue weighted by molar-refractivity contribution is 9.10. The van der Waals surface area contributed by atoms with E-state index in [2.05, 4.69) is 28.2 Å². The zero-order valence-electron chi connectivity index (χ0n) is 13.0. The fourth-order valence-electron chi connectivity index (χ4n) is 1.90. The predicted octanol–water partition coefficient (Wildman–Crippen LogP) is 3.07. The summed E-state index contributed by atoms with van der Waals surface area (Å²) in [7, 11) is 4.51. The number of esters is 1. The number of nitrogens with one attached hydrogen (secondary N) is 1. The first-order valence-corrected chi connectivity index (χ1v) is 7.53. The third kappa shape index (κ3) is 4.35. The van der Waals surface area contributed by atoms with Gasteiger partial charge in [0.15, 0.2) is 11.5 Å². The molecule has 0 spiro atoms. The van der Waals surface area contributed by atoms with Crippen molar-refractivity contribution in [2.75, 3.05) is 21.3 Å². The van der Waals surface area contributed by atoms with Crippen molar-refractivity contribution >= 4 is 21.9 Å². The van der Waals surface area contributed by atoms with Gasteiger partial charge in [-0.25, -0.2) is 4.79 Å². The Kier molecular flexibility index (Phi) is 6.98. The number of methoxy groups -OCH3 is 3. The average molecular weight is 360 g/mol. The van der Waals surface area contributed by atoms with Crippen LogP contribution in [0.5, 0.6) is 11.5 Å². The van der Waals surface area contributed by atoms with Gasteiger partial charge in [0.2, 0.25) is 0 Å². The number of halogens is 1. The lowest BCUT2D eigenvalue weighted by Gasteiger charge is -2.23. The molecule has 0 bridgehead atoms. The Morgan fingerprint density at radius 3 is 2.29 bits per heavy atom. The highest BCUT2D eigenvalue weighted by Gasteiger charge is 2.26. The largest absolute Gasteiger partial charge is 0.493 e. The van der Waals surface area contributed by atoms with Crippen molar-refractivity contribution in [1.82, 2.24) is 5.32 Å². The molecule has 6 heteroatoms. The molecule has 118 valence electrons. The van der Waals surface area contributed by atoms with Gasteiger partial charge in [0.1, 0.15) is 6.04 Å². The second kappa shape index (κ2) is 8.24. The van der Waals surface area contributed by atoms with Crippen LogP contribution in [0.15, 0.2) is 16.6 Å². The van der Waals surface area contributed by atoms with Crippen molar-refractivity contribution in [2.24, 2.45) is 0 Å². The molecule has 0 aliphatic carbocycles. The van der Waals surface area contributed by atoms with E-state index >= 15 is 0 Å². The number of benzene rings is 1. The second-order valence-electron chi connectivity index (χ2n) is 4.66. The van der Waals surface area contributed by atoms with Crippen LogP contribution in [0, 0.1) is 0 Å². The number of hydrogen-bond donors (Lipinski definition) is 1. The molecule has 1 N–H and O–H groups in total. The summed E-state index contributed by atoms with van der Waals surface area (Å²) in [6.45, 7) is 4.07. The fourth-order valence-corrected chi connectivity index (χ4v) is 2.45. The van der Waals surface area contributed by atoms with E-state index < -0.39 is 6.04 Å². The van der Waals surface area contributed by atoms with Crippen LogP contribution in [0.1, 0.15) is 31.9 Å². The van der Waals surface area contributed by atoms with Gasteiger partial charge in [-0.1, -0.05) is 22.9 Å². The third-order valence-corrected chi connectivity index (χ3v) is 4.00. The minimum absolute atomic E-state index is 0.175. The van der Waals surface area contributed by atoms with Crippen molar-refractivity contribution in [3.63, 3.8) is 0 Å². The Bertz CT molecular complexity index is 493. The van der Waals surface area contributed by atoms with Gasteiger partial charge in [-0.2, -0.15) is 0 Å². The van der Waals surface area contributed by atoms with E-state index in [1.54, 1.807) is 26.4 Å². The maximum absolute atomic E-state index is 12.1. The molecule has 1 aromatic carbocycles. The van der Waals surface area contributed by atoms with Gasteiger partial charge in [0.25, 0.3) is 0 Å². The first kappa shape index (κ1) is 17.8. The molecule has 1 rings (SSSR count). The number of carbonyl (C=O) groups excluding carboxylic acids is 1. The molecule has 0 aliphatic heterocycles. The van der Waals surface area contributed by atoms with E-state index in [9.17, 15) is 4.79 Å². The molecule has 0 saturated carbocycles. The van der Waals surface area contributed by atoms with E-state index in [-0.39, 0.29) is 12.0 Å². The Morgan fingerprint density at radius 1 is 1.24 bits per heavy atom. The Balaban J connectivity index is 3.26. The highest BCUT2D eigenvalue weighted by atomic mass is 79.9. The van der Waals surface area contributed by atoms with Crippen LogP contribution in [-0.4, -0.2) is 33.3 Å². The zero-order chi connectivity index (χ0) is 16.0. The van der Waals surface area contributed by atoms with Gasteiger partial charge in [-0.05, 0) is 31.0 Å². The highest BCUT2D eigenvalue weighted by Crippen LogP contribution is 2.36. The fraction of sp³-hybridized carbons (Fsp3) is 0.533. The summed E-state index contributed by atoms with van der Waals surface area (Å²) in [5.74, 6) is 0.819. The number of carbonyl (C=O) groups is 1. The maximum atomic E-state index is 12.1. The molecule has 0 saturated heterocycles. The molecule has 0 aromatic heterocycles. The SMILES string of the molecule is CCC(C)NC(C(=O)OC)c1cc(OC)c(OC)cc1Br. The second-order valence-corrected chi connectivity index (χ2v) is 5.52. The Labute approximate surface area is 134 Å². The minimum Gasteiger partial charge on any atom is -0.493 e. The molecule has 0 fully saturated rings. The summed E-state index contributed by atoms with van der Waals surface area (Å²) in [5, 5.41) is 3.26. The first-order valence-electron chi connectivity index (χ1n) is 6.73. The summed E-state index contributed by atoms with van der Waals surface area (Å²) in [5.41, 5.74) is 0.750. The maximum Gasteiger partial charge on any atom is 0.327 e. The minimum atomic E-state index is -0.570. The van der Waals surface area contributed by atoms with E-state index in [1.807, 2.05) is 6.92 Å². The Morgan fingerprint density at radius 2 is 1.81 bits per heavy atom. The van der Waals surface area contributed by atoms with Crippen LogP contribution in [0.4, 0.5) is 0 Å². The molecule has 21 heavy (non-hydrogen) atoms. The summed E-state index contributed by atoms with van der Waals surface area (Å²) in [4.78, 5) is 12.1. The van der Waals surface area contributed by atoms with Gasteiger partial charge >= 0.3 is 5.97 Å². The molecule has 1 aromatic rings. The summed E-state index contributed by atoms with van der Waals surface area (Å²) >= 11 is 3.48. The van der Waals surface area contributed by atoms with Gasteiger partial charge in [-0.15, -0.1) is 0 Å². The normalized spacial score (nSPS) is 13.4. The van der Waals surface area contributed by atoms with Gasteiger partial charge < -0.3 is 14.2 Å².